The molecule has 1 rings (SSSR count). The molecule has 0 aromatic carbocycles. The predicted molar refractivity (Wildman–Crippen MR) is 54.4 cm³/mol. The average Bonchev–Trinajstić information content (AvgIpc) is 2.18. The Bertz CT molecular complexity index is 265. The molecule has 0 fully saturated rings. The Morgan fingerprint density at radius 1 is 1.54 bits per heavy atom. The summed E-state index contributed by atoms with van der Waals surface area (Å²) in [6, 6.07) is 2.00. The van der Waals surface area contributed by atoms with Gasteiger partial charge in [-0.05, 0) is 24.0 Å². The lowest BCUT2D eigenvalue weighted by Gasteiger charge is -2.07. The predicted octanol–water partition coefficient (Wildman–Crippen LogP) is 2.51. The van der Waals surface area contributed by atoms with Crippen molar-refractivity contribution in [3.8, 4) is 5.75 Å². The molecule has 0 saturated carbocycles. The van der Waals surface area contributed by atoms with E-state index in [-0.39, 0.29) is 0 Å². The monoisotopic (exact) mass is 199 g/mol. The molecule has 0 radical (unpaired) electrons. The molecule has 72 valence electrons. The molecule has 0 bridgehead atoms. The highest BCUT2D eigenvalue weighted by Crippen LogP contribution is 2.14. The second kappa shape index (κ2) is 5.07. The van der Waals surface area contributed by atoms with Crippen LogP contribution in [0.4, 0.5) is 0 Å². The number of nitrogens with zero attached hydrogens (tertiary/aromatic N) is 1. The maximum atomic E-state index is 5.72. The lowest BCUT2D eigenvalue weighted by molar-refractivity contribution is 0.412. The molecule has 1 aromatic heterocycles. The van der Waals surface area contributed by atoms with Crippen LogP contribution in [-0.2, 0) is 6.42 Å². The second-order valence-electron chi connectivity index (χ2n) is 3.20. The van der Waals surface area contributed by atoms with Crippen molar-refractivity contribution in [1.82, 2.24) is 4.98 Å². The quantitative estimate of drug-likeness (QED) is 0.696. The van der Waals surface area contributed by atoms with Crippen LogP contribution < -0.4 is 4.74 Å². The molecule has 1 heterocycles. The fraction of sp³-hybridized carbons (Fsp3) is 0.500. The lowest BCUT2D eigenvalue weighted by Crippen LogP contribution is -2.01. The molecule has 2 nitrogen and oxygen atoms in total. The molecule has 0 aliphatic heterocycles. The van der Waals surface area contributed by atoms with E-state index in [0.717, 1.165) is 12.2 Å². The lowest BCUT2D eigenvalue weighted by atomic mass is 10.0. The van der Waals surface area contributed by atoms with Crippen molar-refractivity contribution >= 4 is 11.6 Å². The first-order chi connectivity index (χ1) is 6.26. The van der Waals surface area contributed by atoms with E-state index in [4.69, 9.17) is 16.3 Å². The van der Waals surface area contributed by atoms with Gasteiger partial charge in [-0.25, -0.2) is 0 Å². The number of hydrogen-bond acceptors (Lipinski definition) is 2. The minimum absolute atomic E-state index is 0.482. The van der Waals surface area contributed by atoms with E-state index in [9.17, 15) is 0 Å². The van der Waals surface area contributed by atoms with Gasteiger partial charge < -0.3 is 4.74 Å². The van der Waals surface area contributed by atoms with E-state index < -0.39 is 0 Å². The Balaban J connectivity index is 2.66. The number of aromatic nitrogens is 1. The molecule has 13 heavy (non-hydrogen) atoms. The van der Waals surface area contributed by atoms with E-state index in [2.05, 4.69) is 11.9 Å². The van der Waals surface area contributed by atoms with Crippen molar-refractivity contribution in [2.45, 2.75) is 13.3 Å². The Hall–Kier alpha value is -0.760. The summed E-state index contributed by atoms with van der Waals surface area (Å²) in [7, 11) is 1.64. The van der Waals surface area contributed by atoms with Crippen LogP contribution >= 0.6 is 11.6 Å². The van der Waals surface area contributed by atoms with Gasteiger partial charge in [0.15, 0.2) is 0 Å². The van der Waals surface area contributed by atoms with Gasteiger partial charge in [-0.3, -0.25) is 4.98 Å². The van der Waals surface area contributed by atoms with Gasteiger partial charge in [0.1, 0.15) is 5.75 Å². The summed E-state index contributed by atoms with van der Waals surface area (Å²) in [5, 5.41) is 0. The summed E-state index contributed by atoms with van der Waals surface area (Å²) in [5.74, 6) is 1.96. The van der Waals surface area contributed by atoms with Crippen molar-refractivity contribution < 1.29 is 4.74 Å². The minimum atomic E-state index is 0.482. The van der Waals surface area contributed by atoms with Crippen LogP contribution in [0.2, 0.25) is 0 Å². The zero-order valence-electron chi connectivity index (χ0n) is 7.96. The fourth-order valence-corrected chi connectivity index (χ4v) is 1.25. The van der Waals surface area contributed by atoms with Crippen LogP contribution in [0.1, 0.15) is 12.5 Å². The standard InChI is InChI=1S/C10H14ClNO/c1-8(5-11)3-9-4-10(13-2)7-12-6-9/h4,6-8H,3,5H2,1-2H3. The zero-order chi connectivity index (χ0) is 9.68. The average molecular weight is 200 g/mol. The topological polar surface area (TPSA) is 22.1 Å². The third-order valence-electron chi connectivity index (χ3n) is 1.85. The molecular weight excluding hydrogens is 186 g/mol. The highest BCUT2D eigenvalue weighted by atomic mass is 35.5. The van der Waals surface area contributed by atoms with Gasteiger partial charge in [-0.15, -0.1) is 11.6 Å². The van der Waals surface area contributed by atoms with Crippen LogP contribution in [0.15, 0.2) is 18.5 Å². The molecule has 3 heteroatoms. The fourth-order valence-electron chi connectivity index (χ4n) is 1.14. The molecule has 0 N–H and O–H groups in total. The van der Waals surface area contributed by atoms with Crippen molar-refractivity contribution in [3.63, 3.8) is 0 Å². The minimum Gasteiger partial charge on any atom is -0.495 e. The van der Waals surface area contributed by atoms with E-state index in [1.165, 1.54) is 5.56 Å². The maximum Gasteiger partial charge on any atom is 0.137 e. The molecule has 1 unspecified atom stereocenters. The second-order valence-corrected chi connectivity index (χ2v) is 3.51. The molecule has 0 aliphatic rings. The highest BCUT2D eigenvalue weighted by molar-refractivity contribution is 6.18. The number of methoxy groups -OCH3 is 1. The number of rotatable bonds is 4. The largest absolute Gasteiger partial charge is 0.495 e. The Morgan fingerprint density at radius 3 is 2.92 bits per heavy atom. The Morgan fingerprint density at radius 2 is 2.31 bits per heavy atom. The SMILES string of the molecule is COc1cncc(CC(C)CCl)c1. The smallest absolute Gasteiger partial charge is 0.137 e. The van der Waals surface area contributed by atoms with E-state index >= 15 is 0 Å². The van der Waals surface area contributed by atoms with Crippen LogP contribution in [0.5, 0.6) is 5.75 Å². The third kappa shape index (κ3) is 3.23. The summed E-state index contributed by atoms with van der Waals surface area (Å²) in [4.78, 5) is 4.07. The van der Waals surface area contributed by atoms with Gasteiger partial charge in [-0.2, -0.15) is 0 Å². The molecule has 0 saturated heterocycles. The third-order valence-corrected chi connectivity index (χ3v) is 2.38. The molecule has 0 aliphatic carbocycles. The maximum absolute atomic E-state index is 5.72. The van der Waals surface area contributed by atoms with Gasteiger partial charge in [0.25, 0.3) is 0 Å². The van der Waals surface area contributed by atoms with Crippen LogP contribution in [0.25, 0.3) is 0 Å². The first kappa shape index (κ1) is 10.3. The summed E-state index contributed by atoms with van der Waals surface area (Å²) in [5.41, 5.74) is 1.17. The summed E-state index contributed by atoms with van der Waals surface area (Å²) in [6.45, 7) is 2.12. The van der Waals surface area contributed by atoms with Crippen LogP contribution in [0, 0.1) is 5.92 Å². The van der Waals surface area contributed by atoms with Gasteiger partial charge >= 0.3 is 0 Å². The number of pyridine rings is 1. The van der Waals surface area contributed by atoms with Gasteiger partial charge in [0.05, 0.1) is 13.3 Å². The van der Waals surface area contributed by atoms with E-state index in [1.807, 2.05) is 12.3 Å². The van der Waals surface area contributed by atoms with Gasteiger partial charge in [-0.1, -0.05) is 6.92 Å². The first-order valence-corrected chi connectivity index (χ1v) is 4.83. The normalized spacial score (nSPS) is 12.5. The van der Waals surface area contributed by atoms with Crippen molar-refractivity contribution in [1.29, 1.82) is 0 Å². The molecular formula is C10H14ClNO. The van der Waals surface area contributed by atoms with Gasteiger partial charge in [0.2, 0.25) is 0 Å². The first-order valence-electron chi connectivity index (χ1n) is 4.30. The van der Waals surface area contributed by atoms with Crippen LogP contribution in [0.3, 0.4) is 0 Å². The van der Waals surface area contributed by atoms with Gasteiger partial charge in [0, 0.05) is 12.1 Å². The highest BCUT2D eigenvalue weighted by Gasteiger charge is 2.03. The molecule has 0 spiro atoms. The summed E-state index contributed by atoms with van der Waals surface area (Å²) < 4.78 is 5.07. The summed E-state index contributed by atoms with van der Waals surface area (Å²) >= 11 is 5.72. The number of alkyl halides is 1. The molecule has 1 aromatic rings. The number of halogens is 1. The van der Waals surface area contributed by atoms with Crippen LogP contribution in [-0.4, -0.2) is 18.0 Å². The number of hydrogen-bond donors (Lipinski definition) is 0. The zero-order valence-corrected chi connectivity index (χ0v) is 8.71. The molecule has 1 atom stereocenters. The van der Waals surface area contributed by atoms with Crippen molar-refractivity contribution in [2.24, 2.45) is 5.92 Å². The van der Waals surface area contributed by atoms with Crippen molar-refractivity contribution in [2.75, 3.05) is 13.0 Å². The molecule has 0 amide bonds. The van der Waals surface area contributed by atoms with Crippen molar-refractivity contribution in [3.05, 3.63) is 24.0 Å². The summed E-state index contributed by atoms with van der Waals surface area (Å²) in [6.07, 6.45) is 4.51. The van der Waals surface area contributed by atoms with E-state index in [0.29, 0.717) is 11.8 Å². The Labute approximate surface area is 83.9 Å². The Kier molecular flexibility index (Phi) is 4.03. The van der Waals surface area contributed by atoms with E-state index in [1.54, 1.807) is 13.3 Å². The number of ether oxygens (including phenoxy) is 1.